The molecule has 92 valence electrons. The number of nitrogens with one attached hydrogen (secondary N) is 1. The van der Waals surface area contributed by atoms with Crippen molar-refractivity contribution in [2.75, 3.05) is 0 Å². The molecule has 0 unspecified atom stereocenters. The molecule has 2 heterocycles. The smallest absolute Gasteiger partial charge is 0.262 e. The third-order valence-electron chi connectivity index (χ3n) is 1.28. The van der Waals surface area contributed by atoms with Crippen LogP contribution in [0.2, 0.25) is 0 Å². The van der Waals surface area contributed by atoms with Crippen molar-refractivity contribution in [2.24, 2.45) is 0 Å². The van der Waals surface area contributed by atoms with Gasteiger partial charge in [-0.3, -0.25) is 9.89 Å². The molecular weight excluding hydrogens is 202 g/mol. The molecule has 0 aliphatic carbocycles. The molecule has 0 aromatic carbocycles. The van der Waals surface area contributed by atoms with E-state index in [9.17, 15) is 4.79 Å². The summed E-state index contributed by atoms with van der Waals surface area (Å²) in [5, 5.41) is 2.57. The van der Waals surface area contributed by atoms with Gasteiger partial charge in [0.1, 0.15) is 0 Å². The quantitative estimate of drug-likeness (QED) is 0.749. The van der Waals surface area contributed by atoms with Gasteiger partial charge in [0.2, 0.25) is 0 Å². The number of hydrogen-bond donors (Lipinski definition) is 1. The SMILES string of the molecule is CC.CC.CC.O=c1ccc2nccn2[nH]1. The first-order valence-corrected chi connectivity index (χ1v) is 5.89. The van der Waals surface area contributed by atoms with Gasteiger partial charge in [-0.05, 0) is 6.07 Å². The number of aromatic amines is 1. The van der Waals surface area contributed by atoms with Crippen molar-refractivity contribution in [3.05, 3.63) is 34.9 Å². The molecule has 16 heavy (non-hydrogen) atoms. The highest BCUT2D eigenvalue weighted by molar-refractivity contribution is 5.34. The normalized spacial score (nSPS) is 7.62. The average Bonchev–Trinajstić information content (AvgIpc) is 2.84. The third-order valence-corrected chi connectivity index (χ3v) is 1.28. The van der Waals surface area contributed by atoms with Crippen LogP contribution in [0.4, 0.5) is 0 Å². The van der Waals surface area contributed by atoms with Crippen LogP contribution in [-0.4, -0.2) is 14.6 Å². The molecule has 4 heteroatoms. The minimum Gasteiger partial charge on any atom is -0.268 e. The summed E-state index contributed by atoms with van der Waals surface area (Å²) in [5.41, 5.74) is 0.630. The zero-order valence-corrected chi connectivity index (χ0v) is 11.1. The van der Waals surface area contributed by atoms with E-state index >= 15 is 0 Å². The molecule has 0 saturated carbocycles. The van der Waals surface area contributed by atoms with Gasteiger partial charge in [-0.15, -0.1) is 0 Å². The van der Waals surface area contributed by atoms with Gasteiger partial charge < -0.3 is 0 Å². The van der Waals surface area contributed by atoms with E-state index in [2.05, 4.69) is 10.1 Å². The van der Waals surface area contributed by atoms with E-state index < -0.39 is 0 Å². The second-order valence-electron chi connectivity index (χ2n) is 1.96. The largest absolute Gasteiger partial charge is 0.268 e. The molecule has 4 nitrogen and oxygen atoms in total. The molecule has 0 saturated heterocycles. The maximum Gasteiger partial charge on any atom is 0.262 e. The van der Waals surface area contributed by atoms with E-state index in [1.54, 1.807) is 23.0 Å². The molecule has 2 aromatic rings. The van der Waals surface area contributed by atoms with Crippen molar-refractivity contribution in [1.82, 2.24) is 14.6 Å². The van der Waals surface area contributed by atoms with Gasteiger partial charge in [0.05, 0.1) is 0 Å². The Morgan fingerprint density at radius 1 is 1.06 bits per heavy atom. The number of H-pyrrole nitrogens is 1. The lowest BCUT2D eigenvalue weighted by molar-refractivity contribution is 0.905. The molecule has 0 bridgehead atoms. The Balaban J connectivity index is 0. The summed E-state index contributed by atoms with van der Waals surface area (Å²) < 4.78 is 1.57. The van der Waals surface area contributed by atoms with E-state index in [-0.39, 0.29) is 5.56 Å². The van der Waals surface area contributed by atoms with E-state index in [0.29, 0.717) is 0 Å². The van der Waals surface area contributed by atoms with Crippen LogP contribution in [-0.2, 0) is 0 Å². The first-order chi connectivity index (χ1) is 7.86. The third kappa shape index (κ3) is 5.34. The van der Waals surface area contributed by atoms with Crippen molar-refractivity contribution < 1.29 is 0 Å². The van der Waals surface area contributed by atoms with Gasteiger partial charge in [0.25, 0.3) is 5.56 Å². The summed E-state index contributed by atoms with van der Waals surface area (Å²) in [5.74, 6) is 0. The molecule has 0 aliphatic heterocycles. The topological polar surface area (TPSA) is 50.2 Å². The first-order valence-electron chi connectivity index (χ1n) is 5.89. The molecule has 2 rings (SSSR count). The van der Waals surface area contributed by atoms with Crippen LogP contribution in [0.5, 0.6) is 0 Å². The van der Waals surface area contributed by atoms with Gasteiger partial charge >= 0.3 is 0 Å². The first kappa shape index (κ1) is 16.8. The van der Waals surface area contributed by atoms with E-state index in [1.807, 2.05) is 41.5 Å². The second kappa shape index (κ2) is 11.5. The summed E-state index contributed by atoms with van der Waals surface area (Å²) in [7, 11) is 0. The van der Waals surface area contributed by atoms with Crippen molar-refractivity contribution in [1.29, 1.82) is 0 Å². The number of imidazole rings is 1. The zero-order chi connectivity index (χ0) is 13.0. The highest BCUT2D eigenvalue weighted by atomic mass is 16.1. The molecule has 1 N–H and O–H groups in total. The fraction of sp³-hybridized carbons (Fsp3) is 0.500. The number of rotatable bonds is 0. The van der Waals surface area contributed by atoms with Crippen molar-refractivity contribution in [3.63, 3.8) is 0 Å². The fourth-order valence-electron chi connectivity index (χ4n) is 0.839. The molecule has 0 fully saturated rings. The molecule has 0 amide bonds. The Bertz CT molecular complexity index is 404. The maximum absolute atomic E-state index is 10.7. The molecule has 0 spiro atoms. The Kier molecular flexibility index (Phi) is 12.1. The van der Waals surface area contributed by atoms with Gasteiger partial charge in [-0.2, -0.15) is 0 Å². The van der Waals surface area contributed by atoms with Crippen LogP contribution in [0.15, 0.2) is 29.3 Å². The molecular formula is C12H23N3O. The highest BCUT2D eigenvalue weighted by Gasteiger charge is 1.89. The standard InChI is InChI=1S/C6H5N3O.3C2H6/c10-6-2-1-5-7-3-4-9(5)8-6;3*1-2/h1-4H,(H,8,10);3*1-2H3. The minimum atomic E-state index is -0.120. The predicted molar refractivity (Wildman–Crippen MR) is 69.9 cm³/mol. The second-order valence-corrected chi connectivity index (χ2v) is 1.96. The molecule has 0 atom stereocenters. The Morgan fingerprint density at radius 3 is 2.19 bits per heavy atom. The number of hydrogen-bond acceptors (Lipinski definition) is 2. The predicted octanol–water partition coefficient (Wildman–Crippen LogP) is 3.10. The molecule has 2 aromatic heterocycles. The Morgan fingerprint density at radius 2 is 1.62 bits per heavy atom. The lowest BCUT2D eigenvalue weighted by Crippen LogP contribution is -2.07. The Hall–Kier alpha value is -1.58. The monoisotopic (exact) mass is 225 g/mol. The van der Waals surface area contributed by atoms with Crippen LogP contribution in [0, 0.1) is 0 Å². The van der Waals surface area contributed by atoms with Gasteiger partial charge in [-0.25, -0.2) is 9.50 Å². The van der Waals surface area contributed by atoms with Crippen LogP contribution >= 0.6 is 0 Å². The Labute approximate surface area is 97.3 Å². The van der Waals surface area contributed by atoms with Crippen molar-refractivity contribution in [3.8, 4) is 0 Å². The van der Waals surface area contributed by atoms with Crippen LogP contribution in [0.1, 0.15) is 41.5 Å². The van der Waals surface area contributed by atoms with E-state index in [4.69, 9.17) is 0 Å². The summed E-state index contributed by atoms with van der Waals surface area (Å²) in [6.07, 6.45) is 3.32. The van der Waals surface area contributed by atoms with Crippen molar-refractivity contribution >= 4 is 5.65 Å². The minimum absolute atomic E-state index is 0.120. The molecule has 0 aliphatic rings. The average molecular weight is 225 g/mol. The van der Waals surface area contributed by atoms with E-state index in [0.717, 1.165) is 5.65 Å². The van der Waals surface area contributed by atoms with Crippen LogP contribution < -0.4 is 5.56 Å². The summed E-state index contributed by atoms with van der Waals surface area (Å²) in [4.78, 5) is 14.6. The number of nitrogens with zero attached hydrogens (tertiary/aromatic N) is 2. The van der Waals surface area contributed by atoms with E-state index in [1.165, 1.54) is 6.07 Å². The van der Waals surface area contributed by atoms with Crippen molar-refractivity contribution in [2.45, 2.75) is 41.5 Å². The zero-order valence-electron chi connectivity index (χ0n) is 11.1. The summed E-state index contributed by atoms with van der Waals surface area (Å²) >= 11 is 0. The van der Waals surface area contributed by atoms with Gasteiger partial charge in [0, 0.05) is 18.5 Å². The van der Waals surface area contributed by atoms with Crippen LogP contribution in [0.25, 0.3) is 5.65 Å². The lowest BCUT2D eigenvalue weighted by atomic mass is 10.6. The fourth-order valence-corrected chi connectivity index (χ4v) is 0.839. The van der Waals surface area contributed by atoms with Gasteiger partial charge in [0.15, 0.2) is 5.65 Å². The number of aromatic nitrogens is 3. The lowest BCUT2D eigenvalue weighted by Gasteiger charge is -1.88. The summed E-state index contributed by atoms with van der Waals surface area (Å²) in [6.45, 7) is 12.0. The van der Waals surface area contributed by atoms with Gasteiger partial charge in [-0.1, -0.05) is 41.5 Å². The highest BCUT2D eigenvalue weighted by Crippen LogP contribution is 1.90. The summed E-state index contributed by atoms with van der Waals surface area (Å²) in [6, 6.07) is 3.11. The maximum atomic E-state index is 10.7. The number of fused-ring (bicyclic) bond motifs is 1. The molecule has 0 radical (unpaired) electrons. The van der Waals surface area contributed by atoms with Crippen LogP contribution in [0.3, 0.4) is 0 Å².